The lowest BCUT2D eigenvalue weighted by molar-refractivity contribution is -0.0498. The van der Waals surface area contributed by atoms with Crippen molar-refractivity contribution >= 4 is 0 Å². The van der Waals surface area contributed by atoms with Gasteiger partial charge in [0.1, 0.15) is 5.75 Å². The summed E-state index contributed by atoms with van der Waals surface area (Å²) in [6.45, 7) is 0.634. The molecule has 0 fully saturated rings. The van der Waals surface area contributed by atoms with Gasteiger partial charge in [0, 0.05) is 25.5 Å². The van der Waals surface area contributed by atoms with Gasteiger partial charge in [-0.05, 0) is 41.8 Å². The number of nitrogens with one attached hydrogen (secondary N) is 1. The van der Waals surface area contributed by atoms with Gasteiger partial charge in [-0.2, -0.15) is 8.78 Å². The molecule has 5 heteroatoms. The maximum absolute atomic E-state index is 12.0. The summed E-state index contributed by atoms with van der Waals surface area (Å²) in [4.78, 5) is 4.04. The molecule has 0 atom stereocenters. The van der Waals surface area contributed by atoms with Crippen molar-refractivity contribution in [2.75, 3.05) is 0 Å². The lowest BCUT2D eigenvalue weighted by Gasteiger charge is -2.08. The van der Waals surface area contributed by atoms with Crippen molar-refractivity contribution in [2.24, 2.45) is 0 Å². The van der Waals surface area contributed by atoms with E-state index in [1.165, 1.54) is 5.56 Å². The van der Waals surface area contributed by atoms with Crippen molar-refractivity contribution in [3.05, 3.63) is 59.4 Å². The zero-order valence-electron chi connectivity index (χ0n) is 11.1. The van der Waals surface area contributed by atoms with Crippen molar-refractivity contribution in [1.29, 1.82) is 0 Å². The number of aryl methyl sites for hydroxylation is 1. The molecule has 106 valence electrons. The molecule has 0 aliphatic heterocycles. The van der Waals surface area contributed by atoms with E-state index in [4.69, 9.17) is 0 Å². The number of pyridine rings is 1. The van der Waals surface area contributed by atoms with Crippen LogP contribution in [0, 0.1) is 6.92 Å². The van der Waals surface area contributed by atoms with Crippen molar-refractivity contribution in [2.45, 2.75) is 26.6 Å². The smallest absolute Gasteiger partial charge is 0.387 e. The van der Waals surface area contributed by atoms with E-state index in [0.29, 0.717) is 6.54 Å². The third-order valence-electron chi connectivity index (χ3n) is 2.93. The van der Waals surface area contributed by atoms with Crippen LogP contribution in [0.4, 0.5) is 8.78 Å². The summed E-state index contributed by atoms with van der Waals surface area (Å²) in [6.07, 6.45) is 3.59. The first-order chi connectivity index (χ1) is 9.65. The second-order valence-corrected chi connectivity index (χ2v) is 4.43. The number of hydrogen-bond acceptors (Lipinski definition) is 3. The van der Waals surface area contributed by atoms with Crippen LogP contribution in [0.15, 0.2) is 42.7 Å². The maximum Gasteiger partial charge on any atom is 0.387 e. The van der Waals surface area contributed by atoms with Crippen molar-refractivity contribution in [3.8, 4) is 5.75 Å². The normalized spacial score (nSPS) is 10.8. The molecule has 20 heavy (non-hydrogen) atoms. The largest absolute Gasteiger partial charge is 0.435 e. The Bertz CT molecular complexity index is 544. The fourth-order valence-electron chi connectivity index (χ4n) is 1.83. The molecule has 0 aliphatic rings. The predicted molar refractivity (Wildman–Crippen MR) is 72.6 cm³/mol. The molecular formula is C15H16F2N2O. The highest BCUT2D eigenvalue weighted by Gasteiger charge is 2.03. The second-order valence-electron chi connectivity index (χ2n) is 4.43. The number of aromatic nitrogens is 1. The molecular weight excluding hydrogens is 262 g/mol. The predicted octanol–water partition coefficient (Wildman–Crippen LogP) is 3.28. The van der Waals surface area contributed by atoms with E-state index in [9.17, 15) is 8.78 Å². The van der Waals surface area contributed by atoms with Crippen molar-refractivity contribution < 1.29 is 13.5 Å². The van der Waals surface area contributed by atoms with Crippen molar-refractivity contribution in [1.82, 2.24) is 10.3 Å². The van der Waals surface area contributed by atoms with E-state index in [1.807, 2.05) is 19.2 Å². The minimum atomic E-state index is -2.78. The molecule has 0 radical (unpaired) electrons. The molecule has 2 rings (SSSR count). The Hall–Kier alpha value is -2.01. The summed E-state index contributed by atoms with van der Waals surface area (Å²) in [6, 6.07) is 8.60. The molecule has 1 aromatic carbocycles. The molecule has 2 aromatic rings. The van der Waals surface area contributed by atoms with Crippen LogP contribution in [0.1, 0.15) is 16.7 Å². The zero-order valence-corrected chi connectivity index (χ0v) is 11.1. The van der Waals surface area contributed by atoms with Crippen molar-refractivity contribution in [3.63, 3.8) is 0 Å². The Morgan fingerprint density at radius 2 is 1.90 bits per heavy atom. The first kappa shape index (κ1) is 14.4. The molecule has 0 amide bonds. The van der Waals surface area contributed by atoms with Gasteiger partial charge in [0.15, 0.2) is 0 Å². The molecule has 0 spiro atoms. The number of benzene rings is 1. The van der Waals surface area contributed by atoms with Gasteiger partial charge < -0.3 is 10.1 Å². The molecule has 0 aliphatic carbocycles. The highest BCUT2D eigenvalue weighted by molar-refractivity contribution is 5.27. The van der Waals surface area contributed by atoms with Crippen LogP contribution >= 0.6 is 0 Å². The first-order valence-corrected chi connectivity index (χ1v) is 6.29. The third kappa shape index (κ3) is 4.28. The van der Waals surface area contributed by atoms with E-state index >= 15 is 0 Å². The average molecular weight is 278 g/mol. The lowest BCUT2D eigenvalue weighted by Crippen LogP contribution is -2.13. The Labute approximate surface area is 116 Å². The summed E-state index contributed by atoms with van der Waals surface area (Å²) in [5.74, 6) is 0.175. The number of halogens is 2. The minimum absolute atomic E-state index is 0.175. The standard InChI is InChI=1S/C15H16F2N2O/c1-11-8-18-7-6-13(11)10-19-9-12-2-4-14(5-3-12)20-15(16)17/h2-8,15,19H,9-10H2,1H3. The summed E-state index contributed by atoms with van der Waals surface area (Å²) in [7, 11) is 0. The van der Waals surface area contributed by atoms with E-state index < -0.39 is 6.61 Å². The van der Waals surface area contributed by atoms with Crippen LogP contribution in [0.5, 0.6) is 5.75 Å². The number of hydrogen-bond donors (Lipinski definition) is 1. The molecule has 3 nitrogen and oxygen atoms in total. The molecule has 1 heterocycles. The van der Waals surface area contributed by atoms with E-state index in [0.717, 1.165) is 17.7 Å². The first-order valence-electron chi connectivity index (χ1n) is 6.29. The fraction of sp³-hybridized carbons (Fsp3) is 0.267. The van der Waals surface area contributed by atoms with Gasteiger partial charge in [0.25, 0.3) is 0 Å². The van der Waals surface area contributed by atoms with Gasteiger partial charge in [0.05, 0.1) is 0 Å². The quantitative estimate of drug-likeness (QED) is 0.880. The van der Waals surface area contributed by atoms with Gasteiger partial charge in [-0.25, -0.2) is 0 Å². The summed E-state index contributed by atoms with van der Waals surface area (Å²) < 4.78 is 28.3. The van der Waals surface area contributed by atoms with Crippen LogP contribution in [0.25, 0.3) is 0 Å². The average Bonchev–Trinajstić information content (AvgIpc) is 2.42. The Kier molecular flexibility index (Phi) is 5.01. The van der Waals surface area contributed by atoms with Gasteiger partial charge in [-0.1, -0.05) is 12.1 Å². The summed E-state index contributed by atoms with van der Waals surface area (Å²) in [5, 5.41) is 3.30. The molecule has 0 saturated heterocycles. The Balaban J connectivity index is 1.84. The SMILES string of the molecule is Cc1cnccc1CNCc1ccc(OC(F)F)cc1. The van der Waals surface area contributed by atoms with E-state index in [-0.39, 0.29) is 5.75 Å². The van der Waals surface area contributed by atoms with Gasteiger partial charge in [-0.15, -0.1) is 0 Å². The van der Waals surface area contributed by atoms with Gasteiger partial charge >= 0.3 is 6.61 Å². The number of nitrogens with zero attached hydrogens (tertiary/aromatic N) is 1. The van der Waals surface area contributed by atoms with Gasteiger partial charge in [0.2, 0.25) is 0 Å². The third-order valence-corrected chi connectivity index (χ3v) is 2.93. The van der Waals surface area contributed by atoms with Crippen LogP contribution in [0.2, 0.25) is 0 Å². The zero-order chi connectivity index (χ0) is 14.4. The number of rotatable bonds is 6. The number of alkyl halides is 2. The molecule has 0 bridgehead atoms. The molecule has 0 unspecified atom stereocenters. The Morgan fingerprint density at radius 3 is 2.55 bits per heavy atom. The van der Waals surface area contributed by atoms with Crippen LogP contribution in [0.3, 0.4) is 0 Å². The maximum atomic E-state index is 12.0. The van der Waals surface area contributed by atoms with Crippen LogP contribution < -0.4 is 10.1 Å². The van der Waals surface area contributed by atoms with E-state index in [2.05, 4.69) is 15.0 Å². The highest BCUT2D eigenvalue weighted by atomic mass is 19.3. The van der Waals surface area contributed by atoms with Crippen LogP contribution in [-0.4, -0.2) is 11.6 Å². The molecule has 1 N–H and O–H groups in total. The number of ether oxygens (including phenoxy) is 1. The minimum Gasteiger partial charge on any atom is -0.435 e. The monoisotopic (exact) mass is 278 g/mol. The molecule has 1 aromatic heterocycles. The van der Waals surface area contributed by atoms with Crippen LogP contribution in [-0.2, 0) is 13.1 Å². The fourth-order valence-corrected chi connectivity index (χ4v) is 1.83. The topological polar surface area (TPSA) is 34.2 Å². The van der Waals surface area contributed by atoms with Gasteiger partial charge in [-0.3, -0.25) is 4.98 Å². The molecule has 0 saturated carbocycles. The second kappa shape index (κ2) is 6.96. The summed E-state index contributed by atoms with van der Waals surface area (Å²) in [5.41, 5.74) is 3.34. The summed E-state index contributed by atoms with van der Waals surface area (Å²) >= 11 is 0. The Morgan fingerprint density at radius 1 is 1.15 bits per heavy atom. The van der Waals surface area contributed by atoms with E-state index in [1.54, 1.807) is 30.5 Å². The highest BCUT2D eigenvalue weighted by Crippen LogP contribution is 2.15. The lowest BCUT2D eigenvalue weighted by atomic mass is 10.1.